The number of nitrogens with one attached hydrogen (secondary N) is 2. The molecule has 2 rings (SSSR count). The van der Waals surface area contributed by atoms with Crippen molar-refractivity contribution in [2.24, 2.45) is 10.4 Å². The highest BCUT2D eigenvalue weighted by atomic mass is 32.2. The Bertz CT molecular complexity index is 473. The minimum absolute atomic E-state index is 0.383. The smallest absolute Gasteiger partial charge is 0.190 e. The number of rotatable bonds is 10. The molecule has 0 radical (unpaired) electrons. The van der Waals surface area contributed by atoms with Gasteiger partial charge in [0, 0.05) is 51.2 Å². The van der Waals surface area contributed by atoms with Crippen LogP contribution in [0, 0.1) is 5.41 Å². The molecular formula is C17H30N4OS2. The molecule has 0 saturated heterocycles. The van der Waals surface area contributed by atoms with Gasteiger partial charge in [-0.1, -0.05) is 24.6 Å². The van der Waals surface area contributed by atoms with Gasteiger partial charge in [-0.2, -0.15) is 0 Å². The van der Waals surface area contributed by atoms with Gasteiger partial charge in [0.2, 0.25) is 0 Å². The molecule has 7 heteroatoms. The van der Waals surface area contributed by atoms with Crippen LogP contribution in [-0.4, -0.2) is 50.6 Å². The number of hydrogen-bond acceptors (Lipinski definition) is 5. The Balaban J connectivity index is 1.64. The highest BCUT2D eigenvalue weighted by Gasteiger charge is 2.33. The van der Waals surface area contributed by atoms with Gasteiger partial charge >= 0.3 is 0 Å². The van der Waals surface area contributed by atoms with Crippen molar-refractivity contribution in [3.63, 3.8) is 0 Å². The van der Waals surface area contributed by atoms with Crippen LogP contribution in [0.3, 0.4) is 0 Å². The number of guanidine groups is 1. The molecule has 5 nitrogen and oxygen atoms in total. The van der Waals surface area contributed by atoms with Gasteiger partial charge in [-0.15, -0.1) is 11.3 Å². The van der Waals surface area contributed by atoms with Crippen molar-refractivity contribution in [2.75, 3.05) is 39.6 Å². The quantitative estimate of drug-likeness (QED) is 0.286. The van der Waals surface area contributed by atoms with Crippen molar-refractivity contribution in [2.45, 2.75) is 42.9 Å². The zero-order chi connectivity index (χ0) is 17.1. The average molecular weight is 371 g/mol. The summed E-state index contributed by atoms with van der Waals surface area (Å²) < 4.78 is 6.46. The second kappa shape index (κ2) is 10.9. The summed E-state index contributed by atoms with van der Waals surface area (Å²) in [6.07, 6.45) is 9.36. The fourth-order valence-electron chi connectivity index (χ4n) is 3.17. The molecule has 0 bridgehead atoms. The van der Waals surface area contributed by atoms with Crippen LogP contribution in [-0.2, 0) is 4.74 Å². The van der Waals surface area contributed by atoms with E-state index in [2.05, 4.69) is 20.6 Å². The van der Waals surface area contributed by atoms with Crippen molar-refractivity contribution >= 4 is 29.1 Å². The van der Waals surface area contributed by atoms with Crippen molar-refractivity contribution in [1.82, 2.24) is 15.6 Å². The number of hydrogen-bond donors (Lipinski definition) is 2. The van der Waals surface area contributed by atoms with Crippen LogP contribution in [0.4, 0.5) is 0 Å². The molecule has 0 atom stereocenters. The highest BCUT2D eigenvalue weighted by Crippen LogP contribution is 2.40. The van der Waals surface area contributed by atoms with E-state index in [1.807, 2.05) is 30.4 Å². The van der Waals surface area contributed by atoms with Crippen LogP contribution in [0.2, 0.25) is 0 Å². The third kappa shape index (κ3) is 6.61. The molecular weight excluding hydrogens is 340 g/mol. The van der Waals surface area contributed by atoms with Gasteiger partial charge in [-0.05, 0) is 31.1 Å². The first-order valence-corrected chi connectivity index (χ1v) is 10.6. The topological polar surface area (TPSA) is 58.5 Å². The number of nitrogens with zero attached hydrogens (tertiary/aromatic N) is 2. The van der Waals surface area contributed by atoms with Gasteiger partial charge in [0.15, 0.2) is 5.96 Å². The average Bonchev–Trinajstić information content (AvgIpc) is 3.28. The Morgan fingerprint density at radius 2 is 2.25 bits per heavy atom. The van der Waals surface area contributed by atoms with Crippen molar-refractivity contribution in [1.29, 1.82) is 0 Å². The van der Waals surface area contributed by atoms with Gasteiger partial charge in [0.1, 0.15) is 4.34 Å². The third-order valence-corrected chi connectivity index (χ3v) is 6.66. The zero-order valence-corrected chi connectivity index (χ0v) is 16.5. The van der Waals surface area contributed by atoms with E-state index in [1.54, 1.807) is 18.4 Å². The molecule has 1 saturated carbocycles. The van der Waals surface area contributed by atoms with E-state index < -0.39 is 0 Å². The van der Waals surface area contributed by atoms with Crippen LogP contribution in [0.15, 0.2) is 20.9 Å². The number of thioether (sulfide) groups is 1. The summed E-state index contributed by atoms with van der Waals surface area (Å²) in [5.41, 5.74) is 0.383. The minimum atomic E-state index is 0.383. The number of aromatic nitrogens is 1. The first-order chi connectivity index (χ1) is 11.8. The Labute approximate surface area is 154 Å². The van der Waals surface area contributed by atoms with Gasteiger partial charge in [-0.3, -0.25) is 4.99 Å². The fraction of sp³-hybridized carbons (Fsp3) is 0.765. The lowest BCUT2D eigenvalue weighted by Gasteiger charge is -2.29. The van der Waals surface area contributed by atoms with Crippen LogP contribution in [0.1, 0.15) is 38.5 Å². The maximum Gasteiger partial charge on any atom is 0.190 e. The normalized spacial score (nSPS) is 17.2. The maximum absolute atomic E-state index is 5.30. The minimum Gasteiger partial charge on any atom is -0.385 e. The monoisotopic (exact) mass is 370 g/mol. The zero-order valence-electron chi connectivity index (χ0n) is 14.8. The molecule has 2 N–H and O–H groups in total. The van der Waals surface area contributed by atoms with E-state index in [4.69, 9.17) is 4.74 Å². The van der Waals surface area contributed by atoms with Crippen molar-refractivity contribution in [3.8, 4) is 0 Å². The standard InChI is InChI=1S/C17H30N4OS2/c1-18-15(19-9-5-12-23-16-20-10-13-24-16)21-14-17(8-11-22-2)6-3-4-7-17/h10,13H,3-9,11-12,14H2,1-2H3,(H2,18,19,21). The summed E-state index contributed by atoms with van der Waals surface area (Å²) in [6.45, 7) is 2.77. The van der Waals surface area contributed by atoms with E-state index in [1.165, 1.54) is 25.7 Å². The maximum atomic E-state index is 5.30. The number of ether oxygens (including phenoxy) is 1. The summed E-state index contributed by atoms with van der Waals surface area (Å²) in [5, 5.41) is 8.98. The molecule has 1 heterocycles. The first kappa shape index (κ1) is 19.5. The van der Waals surface area contributed by atoms with Crippen LogP contribution >= 0.6 is 23.1 Å². The highest BCUT2D eigenvalue weighted by molar-refractivity contribution is 8.00. The van der Waals surface area contributed by atoms with Gasteiger partial charge in [0.05, 0.1) is 0 Å². The Morgan fingerprint density at radius 3 is 2.92 bits per heavy atom. The molecule has 0 spiro atoms. The first-order valence-electron chi connectivity index (χ1n) is 8.74. The number of aliphatic imine (C=N–C) groups is 1. The summed E-state index contributed by atoms with van der Waals surface area (Å²) in [7, 11) is 3.64. The van der Waals surface area contributed by atoms with Gasteiger partial charge in [-0.25, -0.2) is 4.98 Å². The Kier molecular flexibility index (Phi) is 8.91. The SMILES string of the molecule is CN=C(NCCCSc1nccs1)NCC1(CCOC)CCCC1. The van der Waals surface area contributed by atoms with Crippen LogP contribution < -0.4 is 10.6 Å². The number of methoxy groups -OCH3 is 1. The Hall–Kier alpha value is -0.790. The van der Waals surface area contributed by atoms with Gasteiger partial charge in [0.25, 0.3) is 0 Å². The van der Waals surface area contributed by atoms with Crippen LogP contribution in [0.25, 0.3) is 0 Å². The van der Waals surface area contributed by atoms with Crippen molar-refractivity contribution < 1.29 is 4.74 Å². The molecule has 1 fully saturated rings. The molecule has 1 aromatic rings. The molecule has 24 heavy (non-hydrogen) atoms. The van der Waals surface area contributed by atoms with E-state index in [0.29, 0.717) is 5.41 Å². The predicted octanol–water partition coefficient (Wildman–Crippen LogP) is 3.39. The summed E-state index contributed by atoms with van der Waals surface area (Å²) >= 11 is 3.53. The molecule has 1 aliphatic rings. The molecule has 1 aliphatic carbocycles. The van der Waals surface area contributed by atoms with E-state index in [9.17, 15) is 0 Å². The summed E-state index contributed by atoms with van der Waals surface area (Å²) in [4.78, 5) is 8.64. The molecule has 0 amide bonds. The molecule has 0 unspecified atom stereocenters. The molecule has 1 aromatic heterocycles. The van der Waals surface area contributed by atoms with E-state index in [0.717, 1.165) is 48.6 Å². The molecule has 0 aromatic carbocycles. The Morgan fingerprint density at radius 1 is 1.42 bits per heavy atom. The lowest BCUT2D eigenvalue weighted by molar-refractivity contribution is 0.138. The predicted molar refractivity (Wildman–Crippen MR) is 104 cm³/mol. The van der Waals surface area contributed by atoms with E-state index >= 15 is 0 Å². The lowest BCUT2D eigenvalue weighted by Crippen LogP contribution is -2.43. The second-order valence-corrected chi connectivity index (χ2v) is 8.54. The second-order valence-electron chi connectivity index (χ2n) is 6.30. The lowest BCUT2D eigenvalue weighted by atomic mass is 9.83. The molecule has 0 aliphatic heterocycles. The number of thiazole rings is 1. The summed E-state index contributed by atoms with van der Waals surface area (Å²) in [5.74, 6) is 1.99. The third-order valence-electron chi connectivity index (χ3n) is 4.60. The van der Waals surface area contributed by atoms with Crippen LogP contribution in [0.5, 0.6) is 0 Å². The van der Waals surface area contributed by atoms with E-state index in [-0.39, 0.29) is 0 Å². The molecule has 136 valence electrons. The van der Waals surface area contributed by atoms with Gasteiger partial charge < -0.3 is 15.4 Å². The summed E-state index contributed by atoms with van der Waals surface area (Å²) in [6, 6.07) is 0. The largest absolute Gasteiger partial charge is 0.385 e. The van der Waals surface area contributed by atoms with Crippen molar-refractivity contribution in [3.05, 3.63) is 11.6 Å². The fourth-order valence-corrected chi connectivity index (χ4v) is 4.82.